The Kier molecular flexibility index (Phi) is 6.12. The average molecular weight is 299 g/mol. The molecule has 7 heteroatoms. The maximum Gasteiger partial charge on any atom is 0.241 e. The van der Waals surface area contributed by atoms with Crippen LogP contribution in [0.15, 0.2) is 24.3 Å². The maximum atomic E-state index is 11.8. The van der Waals surface area contributed by atoms with Crippen molar-refractivity contribution in [3.63, 3.8) is 0 Å². The first kappa shape index (κ1) is 16.6. The summed E-state index contributed by atoms with van der Waals surface area (Å²) in [6, 6.07) is 6.63. The first-order valence-corrected chi connectivity index (χ1v) is 8.08. The third kappa shape index (κ3) is 5.28. The lowest BCUT2D eigenvalue weighted by atomic mass is 10.1. The molecule has 20 heavy (non-hydrogen) atoms. The second kappa shape index (κ2) is 7.37. The highest BCUT2D eigenvalue weighted by Gasteiger charge is 2.15. The van der Waals surface area contributed by atoms with Crippen LogP contribution in [0, 0.1) is 6.92 Å². The summed E-state index contributed by atoms with van der Waals surface area (Å²) in [7, 11) is -3.23. The van der Waals surface area contributed by atoms with Gasteiger partial charge in [-0.05, 0) is 19.4 Å². The van der Waals surface area contributed by atoms with E-state index < -0.39 is 16.1 Å². The molecule has 0 aliphatic heterocycles. The minimum atomic E-state index is -3.23. The maximum absolute atomic E-state index is 11.8. The molecule has 1 aromatic rings. The van der Waals surface area contributed by atoms with Crippen LogP contribution in [0.3, 0.4) is 0 Å². The molecule has 0 aliphatic carbocycles. The Bertz CT molecular complexity index is 540. The van der Waals surface area contributed by atoms with E-state index in [-0.39, 0.29) is 24.7 Å². The van der Waals surface area contributed by atoms with E-state index in [0.717, 1.165) is 11.1 Å². The van der Waals surface area contributed by atoms with Gasteiger partial charge < -0.3 is 11.1 Å². The Labute approximate surface area is 119 Å². The fraction of sp³-hybridized carbons (Fsp3) is 0.462. The van der Waals surface area contributed by atoms with Crippen molar-refractivity contribution in [2.24, 2.45) is 5.73 Å². The molecule has 1 amide bonds. The van der Waals surface area contributed by atoms with Gasteiger partial charge in [0.25, 0.3) is 0 Å². The fourth-order valence-corrected chi connectivity index (χ4v) is 2.15. The van der Waals surface area contributed by atoms with Crippen molar-refractivity contribution in [1.29, 1.82) is 0 Å². The monoisotopic (exact) mass is 299 g/mol. The second-order valence-electron chi connectivity index (χ2n) is 4.48. The van der Waals surface area contributed by atoms with Gasteiger partial charge in [0.2, 0.25) is 15.9 Å². The minimum Gasteiger partial charge on any atom is -0.353 e. The standard InChI is InChI=1S/C13H21N3O3S/c1-3-20(18,19)16-9-8-15-13(17)12(14)11-6-4-10(2)5-7-11/h4-7,12,16H,3,8-9,14H2,1-2H3,(H,15,17). The lowest BCUT2D eigenvalue weighted by Gasteiger charge is -2.13. The highest BCUT2D eigenvalue weighted by Crippen LogP contribution is 2.11. The van der Waals surface area contributed by atoms with Crippen molar-refractivity contribution >= 4 is 15.9 Å². The number of hydrogen-bond donors (Lipinski definition) is 3. The highest BCUT2D eigenvalue weighted by atomic mass is 32.2. The number of sulfonamides is 1. The second-order valence-corrected chi connectivity index (χ2v) is 6.57. The van der Waals surface area contributed by atoms with Crippen LogP contribution in [0.4, 0.5) is 0 Å². The number of carbonyl (C=O) groups is 1. The van der Waals surface area contributed by atoms with Crippen LogP contribution in [0.1, 0.15) is 24.1 Å². The number of carbonyl (C=O) groups excluding carboxylic acids is 1. The van der Waals surface area contributed by atoms with Crippen molar-refractivity contribution in [3.05, 3.63) is 35.4 Å². The SMILES string of the molecule is CCS(=O)(=O)NCCNC(=O)C(N)c1ccc(C)cc1. The van der Waals surface area contributed by atoms with Crippen molar-refractivity contribution in [2.45, 2.75) is 19.9 Å². The minimum absolute atomic E-state index is 0.0177. The molecule has 1 rings (SSSR count). The summed E-state index contributed by atoms with van der Waals surface area (Å²) < 4.78 is 24.7. The van der Waals surface area contributed by atoms with Crippen LogP contribution in [-0.4, -0.2) is 33.2 Å². The van der Waals surface area contributed by atoms with Crippen molar-refractivity contribution in [2.75, 3.05) is 18.8 Å². The van der Waals surface area contributed by atoms with E-state index in [1.807, 2.05) is 19.1 Å². The summed E-state index contributed by atoms with van der Waals surface area (Å²) in [6.07, 6.45) is 0. The molecule has 0 fully saturated rings. The molecule has 0 saturated heterocycles. The molecule has 112 valence electrons. The molecule has 4 N–H and O–H groups in total. The third-order valence-corrected chi connectivity index (χ3v) is 4.25. The average Bonchev–Trinajstić information content (AvgIpc) is 2.43. The van der Waals surface area contributed by atoms with Gasteiger partial charge in [0.05, 0.1) is 5.75 Å². The first-order valence-electron chi connectivity index (χ1n) is 6.43. The summed E-state index contributed by atoms with van der Waals surface area (Å²) in [6.45, 7) is 3.86. The van der Waals surface area contributed by atoms with Crippen LogP contribution in [0.2, 0.25) is 0 Å². The number of nitrogens with two attached hydrogens (primary N) is 1. The zero-order valence-corrected chi connectivity index (χ0v) is 12.5. The number of nitrogens with one attached hydrogen (secondary N) is 2. The van der Waals surface area contributed by atoms with Gasteiger partial charge in [0.15, 0.2) is 0 Å². The molecule has 0 radical (unpaired) electrons. The van der Waals surface area contributed by atoms with Crippen LogP contribution in [0.25, 0.3) is 0 Å². The first-order chi connectivity index (χ1) is 9.35. The van der Waals surface area contributed by atoms with Gasteiger partial charge in [-0.1, -0.05) is 29.8 Å². The quantitative estimate of drug-likeness (QED) is 0.619. The van der Waals surface area contributed by atoms with Crippen LogP contribution in [0.5, 0.6) is 0 Å². The molecular formula is C13H21N3O3S. The van der Waals surface area contributed by atoms with E-state index in [4.69, 9.17) is 5.73 Å². The van der Waals surface area contributed by atoms with Crippen LogP contribution in [-0.2, 0) is 14.8 Å². The lowest BCUT2D eigenvalue weighted by Crippen LogP contribution is -2.39. The number of benzene rings is 1. The van der Waals surface area contributed by atoms with Gasteiger partial charge in [-0.25, -0.2) is 13.1 Å². The van der Waals surface area contributed by atoms with E-state index in [0.29, 0.717) is 0 Å². The number of amides is 1. The molecule has 0 spiro atoms. The normalized spacial score (nSPS) is 12.9. The van der Waals surface area contributed by atoms with Gasteiger partial charge in [-0.2, -0.15) is 0 Å². The molecular weight excluding hydrogens is 278 g/mol. The topological polar surface area (TPSA) is 101 Å². The molecule has 1 aromatic carbocycles. The molecule has 6 nitrogen and oxygen atoms in total. The number of rotatable bonds is 7. The third-order valence-electron chi connectivity index (χ3n) is 2.85. The summed E-state index contributed by atoms with van der Waals surface area (Å²) in [5.74, 6) is -0.311. The van der Waals surface area contributed by atoms with Crippen molar-refractivity contribution < 1.29 is 13.2 Å². The van der Waals surface area contributed by atoms with Crippen molar-refractivity contribution in [1.82, 2.24) is 10.0 Å². The van der Waals surface area contributed by atoms with E-state index in [1.54, 1.807) is 19.1 Å². The highest BCUT2D eigenvalue weighted by molar-refractivity contribution is 7.89. The Hall–Kier alpha value is -1.44. The van der Waals surface area contributed by atoms with Gasteiger partial charge in [-0.15, -0.1) is 0 Å². The summed E-state index contributed by atoms with van der Waals surface area (Å²) in [5, 5.41) is 2.60. The lowest BCUT2D eigenvalue weighted by molar-refractivity contribution is -0.122. The molecule has 0 aliphatic rings. The number of aryl methyl sites for hydroxylation is 1. The Balaban J connectivity index is 2.41. The van der Waals surface area contributed by atoms with Gasteiger partial charge in [-0.3, -0.25) is 4.79 Å². The van der Waals surface area contributed by atoms with E-state index in [2.05, 4.69) is 10.0 Å². The molecule has 0 bridgehead atoms. The molecule has 0 aromatic heterocycles. The molecule has 1 atom stereocenters. The Morgan fingerprint density at radius 1 is 1.25 bits per heavy atom. The van der Waals surface area contributed by atoms with Gasteiger partial charge >= 0.3 is 0 Å². The molecule has 0 saturated carbocycles. The van der Waals surface area contributed by atoms with E-state index in [1.165, 1.54) is 0 Å². The predicted molar refractivity (Wildman–Crippen MR) is 78.6 cm³/mol. The fourth-order valence-electron chi connectivity index (χ4n) is 1.53. The van der Waals surface area contributed by atoms with Crippen molar-refractivity contribution in [3.8, 4) is 0 Å². The largest absolute Gasteiger partial charge is 0.353 e. The molecule has 1 unspecified atom stereocenters. The Morgan fingerprint density at radius 2 is 1.85 bits per heavy atom. The predicted octanol–water partition coefficient (Wildman–Crippen LogP) is 0.0503. The van der Waals surface area contributed by atoms with Crippen LogP contribution >= 0.6 is 0 Å². The zero-order chi connectivity index (χ0) is 15.2. The summed E-state index contributed by atoms with van der Waals surface area (Å²) in [5.41, 5.74) is 7.65. The van der Waals surface area contributed by atoms with Gasteiger partial charge in [0.1, 0.15) is 6.04 Å². The molecule has 0 heterocycles. The smallest absolute Gasteiger partial charge is 0.241 e. The Morgan fingerprint density at radius 3 is 2.40 bits per heavy atom. The number of hydrogen-bond acceptors (Lipinski definition) is 4. The van der Waals surface area contributed by atoms with Gasteiger partial charge in [0, 0.05) is 13.1 Å². The summed E-state index contributed by atoms with van der Waals surface area (Å²) >= 11 is 0. The van der Waals surface area contributed by atoms with E-state index >= 15 is 0 Å². The summed E-state index contributed by atoms with van der Waals surface area (Å²) in [4.78, 5) is 11.8. The van der Waals surface area contributed by atoms with E-state index in [9.17, 15) is 13.2 Å². The van der Waals surface area contributed by atoms with Crippen LogP contribution < -0.4 is 15.8 Å². The zero-order valence-electron chi connectivity index (χ0n) is 11.7.